The van der Waals surface area contributed by atoms with Crippen molar-refractivity contribution in [2.45, 2.75) is 63.3 Å². The van der Waals surface area contributed by atoms with Crippen molar-refractivity contribution in [2.75, 3.05) is 36.4 Å². The summed E-state index contributed by atoms with van der Waals surface area (Å²) in [6.45, 7) is 4.16. The third-order valence-electron chi connectivity index (χ3n) is 7.89. The molecule has 162 valence electrons. The first-order valence-electron chi connectivity index (χ1n) is 12.4. The molecule has 0 bridgehead atoms. The minimum Gasteiger partial charge on any atom is -0.368 e. The smallest absolute Gasteiger partial charge is 0.199 e. The highest BCUT2D eigenvalue weighted by molar-refractivity contribution is 5.96. The third kappa shape index (κ3) is 3.71. The lowest BCUT2D eigenvalue weighted by molar-refractivity contribution is 0.379. The predicted molar refractivity (Wildman–Crippen MR) is 129 cm³/mol. The molecule has 4 heteroatoms. The summed E-state index contributed by atoms with van der Waals surface area (Å²) < 4.78 is 0. The number of nitrogens with one attached hydrogen (secondary N) is 1. The van der Waals surface area contributed by atoms with Gasteiger partial charge in [0.2, 0.25) is 0 Å². The maximum atomic E-state index is 5.15. The number of aliphatic imine (C=N–C) groups is 1. The Labute approximate surface area is 186 Å². The molecule has 2 aromatic carbocycles. The lowest BCUT2D eigenvalue weighted by atomic mass is 9.84. The van der Waals surface area contributed by atoms with Crippen molar-refractivity contribution in [3.05, 3.63) is 59.2 Å². The number of benzene rings is 2. The molecule has 4 nitrogen and oxygen atoms in total. The normalized spacial score (nSPS) is 23.7. The zero-order chi connectivity index (χ0) is 20.6. The molecule has 0 radical (unpaired) electrons. The van der Waals surface area contributed by atoms with Crippen LogP contribution >= 0.6 is 0 Å². The average Bonchev–Trinajstić information content (AvgIpc) is 2.85. The molecule has 4 aliphatic rings. The van der Waals surface area contributed by atoms with Crippen molar-refractivity contribution >= 4 is 17.3 Å². The topological polar surface area (TPSA) is 30.9 Å². The van der Waals surface area contributed by atoms with E-state index in [1.165, 1.54) is 73.9 Å². The van der Waals surface area contributed by atoms with E-state index in [0.29, 0.717) is 6.04 Å². The lowest BCUT2D eigenvalue weighted by Crippen LogP contribution is -2.51. The van der Waals surface area contributed by atoms with Gasteiger partial charge in [-0.25, -0.2) is 4.99 Å². The lowest BCUT2D eigenvalue weighted by Gasteiger charge is -2.40. The Balaban J connectivity index is 1.11. The molecule has 1 atom stereocenters. The molecule has 1 N–H and O–H groups in total. The second-order valence-corrected chi connectivity index (χ2v) is 9.76. The van der Waals surface area contributed by atoms with Gasteiger partial charge < -0.3 is 15.1 Å². The Kier molecular flexibility index (Phi) is 5.09. The number of guanidine groups is 1. The molecule has 31 heavy (non-hydrogen) atoms. The van der Waals surface area contributed by atoms with E-state index >= 15 is 0 Å². The van der Waals surface area contributed by atoms with Gasteiger partial charge in [0.1, 0.15) is 0 Å². The number of hydrogen-bond acceptors (Lipinski definition) is 4. The Bertz CT molecular complexity index is 950. The first kappa shape index (κ1) is 19.2. The number of piperazine rings is 1. The van der Waals surface area contributed by atoms with Gasteiger partial charge in [0.05, 0.1) is 6.04 Å². The van der Waals surface area contributed by atoms with Gasteiger partial charge in [-0.05, 0) is 67.3 Å². The van der Waals surface area contributed by atoms with Crippen LogP contribution in [0.15, 0.2) is 47.5 Å². The highest BCUT2D eigenvalue weighted by atomic mass is 15.4. The molecule has 0 aromatic heterocycles. The maximum Gasteiger partial charge on any atom is 0.199 e. The fourth-order valence-corrected chi connectivity index (χ4v) is 6.12. The number of nitrogens with zero attached hydrogens (tertiary/aromatic N) is 3. The van der Waals surface area contributed by atoms with Crippen molar-refractivity contribution < 1.29 is 0 Å². The molecule has 6 rings (SSSR count). The molecule has 2 aliphatic heterocycles. The monoisotopic (exact) mass is 414 g/mol. The quantitative estimate of drug-likeness (QED) is 0.682. The van der Waals surface area contributed by atoms with Gasteiger partial charge in [0.25, 0.3) is 0 Å². The zero-order valence-electron chi connectivity index (χ0n) is 18.5. The molecule has 0 amide bonds. The van der Waals surface area contributed by atoms with Crippen LogP contribution < -0.4 is 10.2 Å². The van der Waals surface area contributed by atoms with E-state index in [1.807, 2.05) is 0 Å². The fourth-order valence-electron chi connectivity index (χ4n) is 6.12. The van der Waals surface area contributed by atoms with Gasteiger partial charge in [-0.3, -0.25) is 0 Å². The van der Waals surface area contributed by atoms with E-state index in [9.17, 15) is 0 Å². The van der Waals surface area contributed by atoms with Crippen molar-refractivity contribution in [1.82, 2.24) is 4.90 Å². The Morgan fingerprint density at radius 1 is 0.774 bits per heavy atom. The molecule has 2 aliphatic carbocycles. The first-order chi connectivity index (χ1) is 15.3. The van der Waals surface area contributed by atoms with Crippen molar-refractivity contribution in [2.24, 2.45) is 4.99 Å². The summed E-state index contributed by atoms with van der Waals surface area (Å²) in [4.78, 5) is 10.1. The van der Waals surface area contributed by atoms with Crippen LogP contribution in [-0.4, -0.2) is 37.0 Å². The van der Waals surface area contributed by atoms with Gasteiger partial charge in [-0.1, -0.05) is 43.5 Å². The van der Waals surface area contributed by atoms with Gasteiger partial charge >= 0.3 is 0 Å². The number of aryl methyl sites for hydroxylation is 1. The highest BCUT2D eigenvalue weighted by Crippen LogP contribution is 2.40. The molecular formula is C27H34N4. The Morgan fingerprint density at radius 3 is 2.35 bits per heavy atom. The van der Waals surface area contributed by atoms with Crippen LogP contribution in [-0.2, 0) is 6.42 Å². The summed E-state index contributed by atoms with van der Waals surface area (Å²) in [5.41, 5.74) is 7.15. The molecular weight excluding hydrogens is 380 g/mol. The van der Waals surface area contributed by atoms with Crippen LogP contribution in [0.4, 0.5) is 11.4 Å². The largest absolute Gasteiger partial charge is 0.368 e. The number of anilines is 2. The van der Waals surface area contributed by atoms with Crippen molar-refractivity contribution in [1.29, 1.82) is 0 Å². The van der Waals surface area contributed by atoms with E-state index in [-0.39, 0.29) is 0 Å². The molecule has 2 fully saturated rings. The van der Waals surface area contributed by atoms with Crippen LogP contribution in [0.5, 0.6) is 0 Å². The van der Waals surface area contributed by atoms with Gasteiger partial charge in [0, 0.05) is 43.1 Å². The average molecular weight is 415 g/mol. The molecule has 2 heterocycles. The Morgan fingerprint density at radius 2 is 1.55 bits per heavy atom. The summed E-state index contributed by atoms with van der Waals surface area (Å²) in [5, 5.41) is 3.66. The van der Waals surface area contributed by atoms with Crippen LogP contribution in [0, 0.1) is 0 Å². The second kappa shape index (κ2) is 8.22. The minimum absolute atomic E-state index is 0.349. The molecule has 0 spiro atoms. The number of hydrogen-bond donors (Lipinski definition) is 1. The minimum atomic E-state index is 0.349. The zero-order valence-corrected chi connectivity index (χ0v) is 18.5. The van der Waals surface area contributed by atoms with E-state index in [2.05, 4.69) is 57.6 Å². The highest BCUT2D eigenvalue weighted by Gasteiger charge is 2.30. The molecule has 1 saturated heterocycles. The fraction of sp³-hybridized carbons (Fsp3) is 0.519. The van der Waals surface area contributed by atoms with Gasteiger partial charge in [0.15, 0.2) is 5.96 Å². The van der Waals surface area contributed by atoms with Crippen LogP contribution in [0.1, 0.15) is 73.6 Å². The standard InChI is InChI=1S/C27H34N4/c1-2-6-20(7-3-1)21-12-14-23(15-13-21)30-16-18-31(19-17-30)27-28-24-10-4-8-22-9-5-11-25(29-27)26(22)24/h4,8,10,12-15,20,25H,1-3,5-7,9,11,16-19H2,(H,28,29). The van der Waals surface area contributed by atoms with E-state index in [0.717, 1.165) is 38.1 Å². The third-order valence-corrected chi connectivity index (χ3v) is 7.89. The summed E-state index contributed by atoms with van der Waals surface area (Å²) in [6, 6.07) is 16.6. The van der Waals surface area contributed by atoms with Crippen LogP contribution in [0.3, 0.4) is 0 Å². The van der Waals surface area contributed by atoms with E-state index in [4.69, 9.17) is 4.99 Å². The summed E-state index contributed by atoms with van der Waals surface area (Å²) in [5.74, 6) is 1.88. The van der Waals surface area contributed by atoms with Gasteiger partial charge in [-0.2, -0.15) is 0 Å². The second-order valence-electron chi connectivity index (χ2n) is 9.76. The van der Waals surface area contributed by atoms with E-state index in [1.54, 1.807) is 5.56 Å². The SMILES string of the molecule is c1cc2c3c(c1)NC(N1CCN(c4ccc(C5CCCCC5)cc4)CC1)=NC3CCC2. The van der Waals surface area contributed by atoms with Crippen molar-refractivity contribution in [3.63, 3.8) is 0 Å². The van der Waals surface area contributed by atoms with Crippen LogP contribution in [0.25, 0.3) is 0 Å². The van der Waals surface area contributed by atoms with Gasteiger partial charge in [-0.15, -0.1) is 0 Å². The predicted octanol–water partition coefficient (Wildman–Crippen LogP) is 5.72. The van der Waals surface area contributed by atoms with E-state index < -0.39 is 0 Å². The molecule has 1 unspecified atom stereocenters. The molecule has 1 saturated carbocycles. The Hall–Kier alpha value is -2.49. The number of rotatable bonds is 2. The summed E-state index contributed by atoms with van der Waals surface area (Å²) in [7, 11) is 0. The summed E-state index contributed by atoms with van der Waals surface area (Å²) >= 11 is 0. The summed E-state index contributed by atoms with van der Waals surface area (Å²) in [6.07, 6.45) is 10.6. The van der Waals surface area contributed by atoms with Crippen molar-refractivity contribution in [3.8, 4) is 0 Å². The van der Waals surface area contributed by atoms with Crippen LogP contribution in [0.2, 0.25) is 0 Å². The first-order valence-corrected chi connectivity index (χ1v) is 12.4. The maximum absolute atomic E-state index is 5.15. The molecule has 2 aromatic rings.